The predicted molar refractivity (Wildman–Crippen MR) is 80.7 cm³/mol. The first-order chi connectivity index (χ1) is 10.1. The molecule has 1 aliphatic carbocycles. The van der Waals surface area contributed by atoms with Crippen LogP contribution in [0.3, 0.4) is 0 Å². The molecule has 3 nitrogen and oxygen atoms in total. The van der Waals surface area contributed by atoms with Gasteiger partial charge in [-0.2, -0.15) is 5.26 Å². The van der Waals surface area contributed by atoms with Gasteiger partial charge < -0.3 is 9.84 Å². The van der Waals surface area contributed by atoms with Crippen molar-refractivity contribution in [3.63, 3.8) is 0 Å². The van der Waals surface area contributed by atoms with Gasteiger partial charge in [-0.25, -0.2) is 0 Å². The number of hydrogen-bond acceptors (Lipinski definition) is 3. The van der Waals surface area contributed by atoms with E-state index in [0.717, 1.165) is 19.3 Å². The molecule has 3 rings (SSSR count). The Kier molecular flexibility index (Phi) is 3.77. The van der Waals surface area contributed by atoms with E-state index in [0.29, 0.717) is 25.9 Å². The summed E-state index contributed by atoms with van der Waals surface area (Å²) in [4.78, 5) is 0. The highest BCUT2D eigenvalue weighted by Crippen LogP contribution is 2.48. The predicted octanol–water partition coefficient (Wildman–Crippen LogP) is 3.01. The Labute approximate surface area is 126 Å². The summed E-state index contributed by atoms with van der Waals surface area (Å²) >= 11 is 0. The van der Waals surface area contributed by atoms with Crippen molar-refractivity contribution < 1.29 is 9.84 Å². The summed E-state index contributed by atoms with van der Waals surface area (Å²) in [5.74, 6) is 0. The fourth-order valence-corrected chi connectivity index (χ4v) is 3.96. The van der Waals surface area contributed by atoms with Crippen molar-refractivity contribution >= 4 is 0 Å². The molecule has 1 aromatic rings. The number of aryl methyl sites for hydroxylation is 1. The van der Waals surface area contributed by atoms with Gasteiger partial charge in [-0.3, -0.25) is 0 Å². The number of ether oxygens (including phenoxy) is 1. The van der Waals surface area contributed by atoms with Crippen LogP contribution >= 0.6 is 0 Å². The summed E-state index contributed by atoms with van der Waals surface area (Å²) in [5, 5.41) is 21.2. The Hall–Kier alpha value is -1.37. The van der Waals surface area contributed by atoms with Crippen LogP contribution in [0.15, 0.2) is 24.3 Å². The van der Waals surface area contributed by atoms with E-state index in [1.165, 1.54) is 11.1 Å². The number of nitrogens with zero attached hydrogens (tertiary/aromatic N) is 1. The number of benzene rings is 1. The molecule has 0 bridgehead atoms. The van der Waals surface area contributed by atoms with Gasteiger partial charge in [0.2, 0.25) is 0 Å². The minimum absolute atomic E-state index is 0.0751. The number of hydrogen-bond donors (Lipinski definition) is 1. The Bertz CT molecular complexity index is 565. The van der Waals surface area contributed by atoms with Gasteiger partial charge >= 0.3 is 0 Å². The van der Waals surface area contributed by atoms with E-state index in [2.05, 4.69) is 31.2 Å². The van der Waals surface area contributed by atoms with Crippen LogP contribution in [0.2, 0.25) is 0 Å². The zero-order chi connectivity index (χ0) is 14.9. The summed E-state index contributed by atoms with van der Waals surface area (Å²) < 4.78 is 5.70. The second-order valence-corrected chi connectivity index (χ2v) is 6.53. The molecule has 0 saturated carbocycles. The van der Waals surface area contributed by atoms with Gasteiger partial charge in [0.15, 0.2) is 0 Å². The summed E-state index contributed by atoms with van der Waals surface area (Å²) in [6.07, 6.45) is 4.40. The molecule has 112 valence electrons. The molecule has 1 aliphatic heterocycles. The molecule has 3 unspecified atom stereocenters. The molecule has 3 atom stereocenters. The Balaban J connectivity index is 1.93. The van der Waals surface area contributed by atoms with Gasteiger partial charge in [0.05, 0.1) is 23.2 Å². The Morgan fingerprint density at radius 1 is 1.33 bits per heavy atom. The van der Waals surface area contributed by atoms with E-state index in [4.69, 9.17) is 4.74 Å². The van der Waals surface area contributed by atoms with Crippen LogP contribution in [0.5, 0.6) is 0 Å². The van der Waals surface area contributed by atoms with Crippen molar-refractivity contribution in [2.45, 2.75) is 57.2 Å². The van der Waals surface area contributed by atoms with Gasteiger partial charge in [0.25, 0.3) is 0 Å². The van der Waals surface area contributed by atoms with E-state index in [9.17, 15) is 10.4 Å². The first-order valence-electron chi connectivity index (χ1n) is 7.94. The van der Waals surface area contributed by atoms with Gasteiger partial charge in [-0.15, -0.1) is 0 Å². The Morgan fingerprint density at radius 2 is 2.10 bits per heavy atom. The standard InChI is InChI=1S/C18H23NO2/c1-2-16-12-18(20,9-10-21-16)17(13-19)8-7-14-5-3-4-6-15(14)11-17/h3-6,16,20H,2,7-12H2,1H3. The topological polar surface area (TPSA) is 53.2 Å². The largest absolute Gasteiger partial charge is 0.388 e. The summed E-state index contributed by atoms with van der Waals surface area (Å²) in [6.45, 7) is 2.63. The summed E-state index contributed by atoms with van der Waals surface area (Å²) in [6, 6.07) is 10.8. The van der Waals surface area contributed by atoms with Crippen molar-refractivity contribution in [3.05, 3.63) is 35.4 Å². The minimum atomic E-state index is -0.922. The lowest BCUT2D eigenvalue weighted by atomic mass is 9.59. The molecule has 0 radical (unpaired) electrons. The van der Waals surface area contributed by atoms with Gasteiger partial charge in [0, 0.05) is 19.4 Å². The van der Waals surface area contributed by atoms with E-state index < -0.39 is 11.0 Å². The number of rotatable bonds is 2. The van der Waals surface area contributed by atoms with Crippen molar-refractivity contribution in [2.24, 2.45) is 5.41 Å². The summed E-state index contributed by atoms with van der Waals surface area (Å²) in [7, 11) is 0. The SMILES string of the molecule is CCC1CC(O)(C2(C#N)CCc3ccccc3C2)CCO1. The fraction of sp³-hybridized carbons (Fsp3) is 0.611. The zero-order valence-electron chi connectivity index (χ0n) is 12.6. The second-order valence-electron chi connectivity index (χ2n) is 6.53. The second kappa shape index (κ2) is 5.44. The molecule has 3 heteroatoms. The molecule has 2 aliphatic rings. The van der Waals surface area contributed by atoms with Crippen molar-refractivity contribution in [2.75, 3.05) is 6.61 Å². The molecule has 21 heavy (non-hydrogen) atoms. The molecule has 1 aromatic carbocycles. The van der Waals surface area contributed by atoms with E-state index in [1.807, 2.05) is 6.07 Å². The highest BCUT2D eigenvalue weighted by molar-refractivity contribution is 5.35. The van der Waals surface area contributed by atoms with Crippen LogP contribution in [0.4, 0.5) is 0 Å². The minimum Gasteiger partial charge on any atom is -0.388 e. The molecule has 1 N–H and O–H groups in total. The van der Waals surface area contributed by atoms with E-state index in [1.54, 1.807) is 0 Å². The number of fused-ring (bicyclic) bond motifs is 1. The quantitative estimate of drug-likeness (QED) is 0.908. The number of aliphatic hydroxyl groups is 1. The lowest BCUT2D eigenvalue weighted by Gasteiger charge is -2.49. The average molecular weight is 285 g/mol. The van der Waals surface area contributed by atoms with Crippen LogP contribution in [-0.4, -0.2) is 23.4 Å². The first kappa shape index (κ1) is 14.6. The molecular formula is C18H23NO2. The third kappa shape index (κ3) is 2.37. The van der Waals surface area contributed by atoms with Crippen LogP contribution in [0, 0.1) is 16.7 Å². The average Bonchev–Trinajstić information content (AvgIpc) is 2.54. The smallest absolute Gasteiger partial charge is 0.0905 e. The third-order valence-electron chi connectivity index (χ3n) is 5.43. The fourth-order valence-electron chi connectivity index (χ4n) is 3.96. The lowest BCUT2D eigenvalue weighted by molar-refractivity contribution is -0.155. The highest BCUT2D eigenvalue weighted by Gasteiger charge is 2.54. The molecule has 1 heterocycles. The van der Waals surface area contributed by atoms with Gasteiger partial charge in [-0.05, 0) is 36.8 Å². The molecule has 0 amide bonds. The highest BCUT2D eigenvalue weighted by atomic mass is 16.5. The zero-order valence-corrected chi connectivity index (χ0v) is 12.6. The van der Waals surface area contributed by atoms with Crippen LogP contribution < -0.4 is 0 Å². The van der Waals surface area contributed by atoms with Crippen molar-refractivity contribution in [3.8, 4) is 6.07 Å². The normalized spacial score (nSPS) is 35.8. The van der Waals surface area contributed by atoms with Crippen molar-refractivity contribution in [1.29, 1.82) is 5.26 Å². The monoisotopic (exact) mass is 285 g/mol. The first-order valence-corrected chi connectivity index (χ1v) is 7.94. The van der Waals surface area contributed by atoms with Crippen LogP contribution in [0.25, 0.3) is 0 Å². The van der Waals surface area contributed by atoms with Crippen LogP contribution in [0.1, 0.15) is 43.7 Å². The van der Waals surface area contributed by atoms with Gasteiger partial charge in [0.1, 0.15) is 0 Å². The molecule has 1 saturated heterocycles. The van der Waals surface area contributed by atoms with Gasteiger partial charge in [-0.1, -0.05) is 31.2 Å². The molecule has 1 fully saturated rings. The van der Waals surface area contributed by atoms with E-state index >= 15 is 0 Å². The maximum absolute atomic E-state index is 11.3. The lowest BCUT2D eigenvalue weighted by Crippen LogP contribution is -2.55. The Morgan fingerprint density at radius 3 is 2.81 bits per heavy atom. The maximum Gasteiger partial charge on any atom is 0.0905 e. The van der Waals surface area contributed by atoms with Crippen LogP contribution in [-0.2, 0) is 17.6 Å². The third-order valence-corrected chi connectivity index (χ3v) is 5.43. The molecular weight excluding hydrogens is 262 g/mol. The molecule has 0 aromatic heterocycles. The maximum atomic E-state index is 11.3. The summed E-state index contributed by atoms with van der Waals surface area (Å²) in [5.41, 5.74) is 0.955. The number of nitriles is 1. The van der Waals surface area contributed by atoms with E-state index in [-0.39, 0.29) is 6.10 Å². The molecule has 0 spiro atoms. The van der Waals surface area contributed by atoms with Crippen molar-refractivity contribution in [1.82, 2.24) is 0 Å².